The van der Waals surface area contributed by atoms with E-state index in [2.05, 4.69) is 63.0 Å². The van der Waals surface area contributed by atoms with Crippen LogP contribution in [0.3, 0.4) is 0 Å². The van der Waals surface area contributed by atoms with Crippen molar-refractivity contribution in [3.8, 4) is 11.1 Å². The minimum atomic E-state index is 0.520. The lowest BCUT2D eigenvalue weighted by Gasteiger charge is -2.11. The van der Waals surface area contributed by atoms with Crippen LogP contribution in [0.4, 0.5) is 0 Å². The van der Waals surface area contributed by atoms with Crippen LogP contribution in [0.15, 0.2) is 36.5 Å². The molecule has 0 N–H and O–H groups in total. The molecule has 94 valence electrons. The largest absolute Gasteiger partial charge is 0.261 e. The number of pyridine rings is 1. The number of aromatic nitrogens is 1. The molecule has 1 heterocycles. The zero-order valence-corrected chi connectivity index (χ0v) is 11.7. The van der Waals surface area contributed by atoms with Crippen molar-refractivity contribution in [2.75, 3.05) is 0 Å². The molecule has 1 aromatic carbocycles. The summed E-state index contributed by atoms with van der Waals surface area (Å²) in [6, 6.07) is 11.0. The summed E-state index contributed by atoms with van der Waals surface area (Å²) in [5.41, 5.74) is 6.32. The molecule has 0 radical (unpaired) electrons. The summed E-state index contributed by atoms with van der Waals surface area (Å²) >= 11 is 0. The summed E-state index contributed by atoms with van der Waals surface area (Å²) in [4.78, 5) is 4.53. The second kappa shape index (κ2) is 5.34. The maximum atomic E-state index is 4.53. The lowest BCUT2D eigenvalue weighted by Crippen LogP contribution is -1.94. The first-order valence-electron chi connectivity index (χ1n) is 6.67. The highest BCUT2D eigenvalue weighted by Gasteiger charge is 2.07. The topological polar surface area (TPSA) is 12.9 Å². The number of nitrogens with zero attached hydrogens (tertiary/aromatic N) is 1. The molecule has 0 spiro atoms. The summed E-state index contributed by atoms with van der Waals surface area (Å²) in [6.45, 7) is 8.68. The summed E-state index contributed by atoms with van der Waals surface area (Å²) < 4.78 is 0. The fraction of sp³-hybridized carbons (Fsp3) is 0.353. The van der Waals surface area contributed by atoms with Crippen molar-refractivity contribution in [3.63, 3.8) is 0 Å². The molecule has 18 heavy (non-hydrogen) atoms. The van der Waals surface area contributed by atoms with Gasteiger partial charge in [-0.3, -0.25) is 4.98 Å². The van der Waals surface area contributed by atoms with Gasteiger partial charge in [-0.25, -0.2) is 0 Å². The lowest BCUT2D eigenvalue weighted by atomic mass is 9.96. The van der Waals surface area contributed by atoms with E-state index in [1.54, 1.807) is 0 Å². The van der Waals surface area contributed by atoms with Gasteiger partial charge in [0.15, 0.2) is 0 Å². The van der Waals surface area contributed by atoms with Gasteiger partial charge in [0, 0.05) is 17.5 Å². The van der Waals surface area contributed by atoms with Gasteiger partial charge < -0.3 is 0 Å². The summed E-state index contributed by atoms with van der Waals surface area (Å²) in [6.07, 6.45) is 3.07. The van der Waals surface area contributed by atoms with Crippen LogP contribution in [0.25, 0.3) is 11.1 Å². The second-order valence-electron chi connectivity index (χ2n) is 5.11. The van der Waals surface area contributed by atoms with Crippen LogP contribution in [0, 0.1) is 6.92 Å². The zero-order valence-electron chi connectivity index (χ0n) is 11.7. The molecule has 0 fully saturated rings. The van der Waals surface area contributed by atoms with E-state index < -0.39 is 0 Å². The second-order valence-corrected chi connectivity index (χ2v) is 5.11. The van der Waals surface area contributed by atoms with Crippen molar-refractivity contribution >= 4 is 0 Å². The van der Waals surface area contributed by atoms with E-state index >= 15 is 0 Å². The van der Waals surface area contributed by atoms with Gasteiger partial charge in [0.05, 0.1) is 0 Å². The molecule has 2 rings (SSSR count). The summed E-state index contributed by atoms with van der Waals surface area (Å²) in [7, 11) is 0. The first kappa shape index (κ1) is 12.8. The fourth-order valence-corrected chi connectivity index (χ4v) is 2.12. The maximum Gasteiger partial charge on any atom is 0.0451 e. The van der Waals surface area contributed by atoms with E-state index in [9.17, 15) is 0 Å². The Labute approximate surface area is 110 Å². The number of hydrogen-bond acceptors (Lipinski definition) is 1. The molecule has 1 aromatic heterocycles. The Morgan fingerprint density at radius 2 is 1.94 bits per heavy atom. The quantitative estimate of drug-likeness (QED) is 0.753. The lowest BCUT2D eigenvalue weighted by molar-refractivity contribution is 0.856. The Bertz CT molecular complexity index is 541. The van der Waals surface area contributed by atoms with Gasteiger partial charge in [-0.15, -0.1) is 0 Å². The van der Waals surface area contributed by atoms with Gasteiger partial charge in [-0.2, -0.15) is 0 Å². The molecule has 0 saturated carbocycles. The van der Waals surface area contributed by atoms with Crippen molar-refractivity contribution < 1.29 is 0 Å². The van der Waals surface area contributed by atoms with E-state index in [1.807, 2.05) is 6.20 Å². The number of rotatable bonds is 3. The van der Waals surface area contributed by atoms with Crippen LogP contribution in [0.2, 0.25) is 0 Å². The molecular formula is C17H21N. The molecule has 0 bridgehead atoms. The minimum Gasteiger partial charge on any atom is -0.261 e. The Morgan fingerprint density at radius 3 is 2.61 bits per heavy atom. The molecule has 0 saturated heterocycles. The molecule has 1 nitrogen and oxygen atoms in total. The van der Waals surface area contributed by atoms with Gasteiger partial charge in [0.2, 0.25) is 0 Å². The first-order valence-corrected chi connectivity index (χ1v) is 6.67. The van der Waals surface area contributed by atoms with Crippen LogP contribution in [-0.4, -0.2) is 4.98 Å². The third-order valence-electron chi connectivity index (χ3n) is 3.42. The number of hydrogen-bond donors (Lipinski definition) is 0. The van der Waals surface area contributed by atoms with Crippen molar-refractivity contribution in [1.29, 1.82) is 0 Å². The first-order chi connectivity index (χ1) is 8.61. The van der Waals surface area contributed by atoms with Crippen LogP contribution in [0.5, 0.6) is 0 Å². The van der Waals surface area contributed by atoms with Crippen molar-refractivity contribution in [2.45, 2.75) is 40.0 Å². The van der Waals surface area contributed by atoms with Crippen molar-refractivity contribution in [2.24, 2.45) is 0 Å². The molecule has 0 aliphatic rings. The van der Waals surface area contributed by atoms with Crippen LogP contribution >= 0.6 is 0 Å². The Kier molecular flexibility index (Phi) is 3.81. The van der Waals surface area contributed by atoms with E-state index in [4.69, 9.17) is 0 Å². The Balaban J connectivity index is 2.51. The van der Waals surface area contributed by atoms with E-state index in [-0.39, 0.29) is 0 Å². The third-order valence-corrected chi connectivity index (χ3v) is 3.42. The summed E-state index contributed by atoms with van der Waals surface area (Å²) in [5, 5.41) is 0. The molecule has 0 unspecified atom stereocenters. The van der Waals surface area contributed by atoms with E-state index in [0.29, 0.717) is 5.92 Å². The third kappa shape index (κ3) is 2.61. The molecule has 0 aliphatic heterocycles. The Morgan fingerprint density at radius 1 is 1.17 bits per heavy atom. The van der Waals surface area contributed by atoms with Gasteiger partial charge >= 0.3 is 0 Å². The van der Waals surface area contributed by atoms with Crippen molar-refractivity contribution in [3.05, 3.63) is 53.3 Å². The van der Waals surface area contributed by atoms with Gasteiger partial charge in [0.25, 0.3) is 0 Å². The van der Waals surface area contributed by atoms with Crippen LogP contribution < -0.4 is 0 Å². The molecule has 0 aliphatic carbocycles. The van der Waals surface area contributed by atoms with Gasteiger partial charge in [0.1, 0.15) is 0 Å². The smallest absolute Gasteiger partial charge is 0.0451 e. The Hall–Kier alpha value is -1.63. The molecule has 0 amide bonds. The van der Waals surface area contributed by atoms with E-state index in [1.165, 1.54) is 22.3 Å². The zero-order chi connectivity index (χ0) is 13.1. The maximum absolute atomic E-state index is 4.53. The van der Waals surface area contributed by atoms with Gasteiger partial charge in [-0.1, -0.05) is 45.0 Å². The molecule has 1 heteroatoms. The van der Waals surface area contributed by atoms with Crippen LogP contribution in [-0.2, 0) is 6.42 Å². The normalized spacial score (nSPS) is 10.9. The predicted molar refractivity (Wildman–Crippen MR) is 77.9 cm³/mol. The fourth-order valence-electron chi connectivity index (χ4n) is 2.12. The monoisotopic (exact) mass is 239 g/mol. The molecular weight excluding hydrogens is 218 g/mol. The molecule has 2 aromatic rings. The number of benzene rings is 1. The molecule has 0 atom stereocenters. The average molecular weight is 239 g/mol. The van der Waals surface area contributed by atoms with E-state index in [0.717, 1.165) is 12.1 Å². The van der Waals surface area contributed by atoms with Crippen molar-refractivity contribution in [1.82, 2.24) is 4.98 Å². The van der Waals surface area contributed by atoms with Crippen LogP contribution in [0.1, 0.15) is 43.5 Å². The van der Waals surface area contributed by atoms with Gasteiger partial charge in [-0.05, 0) is 42.0 Å². The highest BCUT2D eigenvalue weighted by molar-refractivity contribution is 5.67. The minimum absolute atomic E-state index is 0.520. The highest BCUT2D eigenvalue weighted by atomic mass is 14.7. The predicted octanol–water partition coefficient (Wildman–Crippen LogP) is 4.74. The highest BCUT2D eigenvalue weighted by Crippen LogP contribution is 2.26. The SMILES string of the molecule is CCc1cccc(-c2cc(C(C)C)cnc2C)c1. The number of aryl methyl sites for hydroxylation is 2. The average Bonchev–Trinajstić information content (AvgIpc) is 2.39. The summed E-state index contributed by atoms with van der Waals surface area (Å²) in [5.74, 6) is 0.520. The standard InChI is InChI=1S/C17H21N/c1-5-14-7-6-8-15(9-14)17-10-16(12(2)3)11-18-13(17)4/h6-12H,5H2,1-4H3.